The zero-order valence-corrected chi connectivity index (χ0v) is 10.0. The summed E-state index contributed by atoms with van der Waals surface area (Å²) in [7, 11) is 0. The lowest BCUT2D eigenvalue weighted by Gasteiger charge is -2.09. The molecule has 0 unspecified atom stereocenters. The van der Waals surface area contributed by atoms with Gasteiger partial charge < -0.3 is 17.3 Å². The summed E-state index contributed by atoms with van der Waals surface area (Å²) < 4.78 is 0. The normalized spacial score (nSPS) is 11.5. The molecule has 0 aliphatic carbocycles. The second kappa shape index (κ2) is 5.33. The van der Waals surface area contributed by atoms with E-state index >= 15 is 0 Å². The maximum Gasteiger partial charge on any atom is 0.150 e. The molecular formula is C14H16N4. The molecule has 0 aliphatic heterocycles. The molecule has 92 valence electrons. The molecule has 0 atom stereocenters. The minimum Gasteiger partial charge on any atom is -0.382 e. The molecule has 6 N–H and O–H groups in total. The predicted molar refractivity (Wildman–Crippen MR) is 74.7 cm³/mol. The Kier molecular flexibility index (Phi) is 3.60. The average Bonchev–Trinajstić information content (AvgIpc) is 2.46. The molecule has 18 heavy (non-hydrogen) atoms. The Labute approximate surface area is 106 Å². The summed E-state index contributed by atoms with van der Waals surface area (Å²) in [5.41, 5.74) is 15.4. The van der Waals surface area contributed by atoms with E-state index < -0.39 is 0 Å². The molecule has 0 radical (unpaired) electrons. The van der Waals surface area contributed by atoms with Gasteiger partial charge in [0.25, 0.3) is 0 Å². The summed E-state index contributed by atoms with van der Waals surface area (Å²) in [6.07, 6.45) is 0. The molecule has 0 saturated carbocycles. The predicted octanol–water partition coefficient (Wildman–Crippen LogP) is 1.39. The lowest BCUT2D eigenvalue weighted by Crippen LogP contribution is -2.16. The van der Waals surface area contributed by atoms with Crippen LogP contribution < -0.4 is 17.3 Å². The smallest absolute Gasteiger partial charge is 0.150 e. The van der Waals surface area contributed by atoms with Crippen molar-refractivity contribution < 1.29 is 0 Å². The van der Waals surface area contributed by atoms with Gasteiger partial charge >= 0.3 is 0 Å². The fourth-order valence-corrected chi connectivity index (χ4v) is 1.85. The molecule has 0 spiro atoms. The van der Waals surface area contributed by atoms with Crippen LogP contribution in [-0.4, -0.2) is 5.84 Å². The molecule has 2 aromatic rings. The van der Waals surface area contributed by atoms with Gasteiger partial charge in [-0.1, -0.05) is 48.5 Å². The van der Waals surface area contributed by atoms with Crippen molar-refractivity contribution in [2.45, 2.75) is 6.54 Å². The second-order valence-corrected chi connectivity index (χ2v) is 3.96. The van der Waals surface area contributed by atoms with E-state index in [9.17, 15) is 0 Å². The summed E-state index contributed by atoms with van der Waals surface area (Å²) >= 11 is 0. The van der Waals surface area contributed by atoms with Gasteiger partial charge in [-0.25, -0.2) is 0 Å². The van der Waals surface area contributed by atoms with Crippen molar-refractivity contribution in [3.05, 3.63) is 59.7 Å². The number of benzene rings is 2. The van der Waals surface area contributed by atoms with E-state index in [0.29, 0.717) is 12.4 Å². The van der Waals surface area contributed by atoms with Crippen molar-refractivity contribution in [2.24, 2.45) is 22.4 Å². The second-order valence-electron chi connectivity index (χ2n) is 3.96. The van der Waals surface area contributed by atoms with Crippen LogP contribution >= 0.6 is 0 Å². The number of nitrogens with zero attached hydrogens (tertiary/aromatic N) is 1. The monoisotopic (exact) mass is 240 g/mol. The number of hydrazone groups is 1. The highest BCUT2D eigenvalue weighted by Gasteiger charge is 2.07. The van der Waals surface area contributed by atoms with E-state index in [1.54, 1.807) is 0 Å². The van der Waals surface area contributed by atoms with E-state index in [-0.39, 0.29) is 0 Å². The minimum absolute atomic E-state index is 0.327. The first-order valence-electron chi connectivity index (χ1n) is 5.68. The highest BCUT2D eigenvalue weighted by Crippen LogP contribution is 2.23. The Balaban J connectivity index is 2.49. The van der Waals surface area contributed by atoms with Gasteiger partial charge in [-0.3, -0.25) is 0 Å². The van der Waals surface area contributed by atoms with Crippen molar-refractivity contribution in [1.29, 1.82) is 0 Å². The quantitative estimate of drug-likeness (QED) is 0.328. The van der Waals surface area contributed by atoms with Crippen LogP contribution in [0.25, 0.3) is 11.1 Å². The molecular weight excluding hydrogens is 224 g/mol. The number of amidine groups is 1. The fraction of sp³-hybridized carbons (Fsp3) is 0.0714. The molecule has 0 heterocycles. The van der Waals surface area contributed by atoms with Crippen molar-refractivity contribution in [3.63, 3.8) is 0 Å². The highest BCUT2D eigenvalue weighted by atomic mass is 15.2. The molecule has 4 nitrogen and oxygen atoms in total. The Morgan fingerprint density at radius 3 is 2.28 bits per heavy atom. The maximum absolute atomic E-state index is 5.79. The molecule has 0 fully saturated rings. The lowest BCUT2D eigenvalue weighted by atomic mass is 9.98. The molecule has 4 heteroatoms. The molecule has 0 aliphatic rings. The molecule has 2 rings (SSSR count). The Morgan fingerprint density at radius 1 is 1.00 bits per heavy atom. The van der Waals surface area contributed by atoms with Crippen molar-refractivity contribution >= 4 is 5.84 Å². The van der Waals surface area contributed by atoms with Gasteiger partial charge in [0.15, 0.2) is 5.84 Å². The first-order chi connectivity index (χ1) is 8.76. The first kappa shape index (κ1) is 12.1. The SMILES string of the molecule is NCc1ccc(-c2ccccc2/C(N)=N/N)cc1. The van der Waals surface area contributed by atoms with Gasteiger partial charge in [0.1, 0.15) is 0 Å². The third kappa shape index (κ3) is 2.33. The van der Waals surface area contributed by atoms with E-state index in [1.807, 2.05) is 48.5 Å². The molecule has 0 aromatic heterocycles. The van der Waals surface area contributed by atoms with Crippen LogP contribution in [0.4, 0.5) is 0 Å². The zero-order chi connectivity index (χ0) is 13.0. The van der Waals surface area contributed by atoms with Gasteiger partial charge in [-0.2, -0.15) is 5.10 Å². The van der Waals surface area contributed by atoms with E-state index in [1.165, 1.54) is 0 Å². The molecule has 2 aromatic carbocycles. The summed E-state index contributed by atoms with van der Waals surface area (Å²) in [5, 5.41) is 3.55. The third-order valence-electron chi connectivity index (χ3n) is 2.84. The Hall–Kier alpha value is -2.33. The first-order valence-corrected chi connectivity index (χ1v) is 5.68. The third-order valence-corrected chi connectivity index (χ3v) is 2.84. The summed E-state index contributed by atoms with van der Waals surface area (Å²) in [6.45, 7) is 0.536. The lowest BCUT2D eigenvalue weighted by molar-refractivity contribution is 1.07. The van der Waals surface area contributed by atoms with Gasteiger partial charge in [-0.05, 0) is 16.7 Å². The van der Waals surface area contributed by atoms with Crippen LogP contribution in [0, 0.1) is 0 Å². The molecule has 0 amide bonds. The van der Waals surface area contributed by atoms with Crippen LogP contribution in [0.15, 0.2) is 53.6 Å². The van der Waals surface area contributed by atoms with E-state index in [4.69, 9.17) is 17.3 Å². The average molecular weight is 240 g/mol. The largest absolute Gasteiger partial charge is 0.382 e. The standard InChI is InChI=1S/C14H16N4/c15-9-10-5-7-11(8-6-10)12-3-1-2-4-13(12)14(16)18-17/h1-8H,9,15,17H2,(H2,16,18). The van der Waals surface area contributed by atoms with Crippen LogP contribution in [0.1, 0.15) is 11.1 Å². The van der Waals surface area contributed by atoms with Crippen LogP contribution in [0.2, 0.25) is 0 Å². The molecule has 0 saturated heterocycles. The van der Waals surface area contributed by atoms with Gasteiger partial charge in [0.2, 0.25) is 0 Å². The zero-order valence-electron chi connectivity index (χ0n) is 10.0. The number of hydrogen-bond acceptors (Lipinski definition) is 3. The number of nitrogens with two attached hydrogens (primary N) is 3. The van der Waals surface area contributed by atoms with E-state index in [2.05, 4.69) is 5.10 Å². The summed E-state index contributed by atoms with van der Waals surface area (Å²) in [6, 6.07) is 15.8. The molecule has 0 bridgehead atoms. The Morgan fingerprint density at radius 2 is 1.67 bits per heavy atom. The number of hydrogen-bond donors (Lipinski definition) is 3. The van der Waals surface area contributed by atoms with Crippen LogP contribution in [-0.2, 0) is 6.54 Å². The minimum atomic E-state index is 0.327. The van der Waals surface area contributed by atoms with Gasteiger partial charge in [-0.15, -0.1) is 0 Å². The van der Waals surface area contributed by atoms with E-state index in [0.717, 1.165) is 22.3 Å². The summed E-state index contributed by atoms with van der Waals surface area (Å²) in [4.78, 5) is 0. The maximum atomic E-state index is 5.79. The van der Waals surface area contributed by atoms with Gasteiger partial charge in [0.05, 0.1) is 0 Å². The van der Waals surface area contributed by atoms with Crippen molar-refractivity contribution in [2.75, 3.05) is 0 Å². The van der Waals surface area contributed by atoms with Crippen LogP contribution in [0.3, 0.4) is 0 Å². The number of rotatable bonds is 3. The van der Waals surface area contributed by atoms with Crippen LogP contribution in [0.5, 0.6) is 0 Å². The highest BCUT2D eigenvalue weighted by molar-refractivity contribution is 6.03. The van der Waals surface area contributed by atoms with Crippen molar-refractivity contribution in [1.82, 2.24) is 0 Å². The Bertz CT molecular complexity index is 558. The topological polar surface area (TPSA) is 90.4 Å². The van der Waals surface area contributed by atoms with Gasteiger partial charge in [0, 0.05) is 12.1 Å². The fourth-order valence-electron chi connectivity index (χ4n) is 1.85. The van der Waals surface area contributed by atoms with Crippen molar-refractivity contribution in [3.8, 4) is 11.1 Å². The summed E-state index contributed by atoms with van der Waals surface area (Å²) in [5.74, 6) is 5.57.